The van der Waals surface area contributed by atoms with Crippen LogP contribution in [0.3, 0.4) is 0 Å². The molecule has 0 aliphatic carbocycles. The number of anilines is 1. The van der Waals surface area contributed by atoms with Crippen molar-refractivity contribution >= 4 is 17.6 Å². The van der Waals surface area contributed by atoms with Crippen LogP contribution in [0, 0.1) is 5.82 Å². The lowest BCUT2D eigenvalue weighted by molar-refractivity contribution is -0.133. The minimum Gasteiger partial charge on any atom is -0.493 e. The number of halogens is 1. The van der Waals surface area contributed by atoms with E-state index in [2.05, 4.69) is 5.32 Å². The normalized spacial score (nSPS) is 11.5. The average Bonchev–Trinajstić information content (AvgIpc) is 3.43. The summed E-state index contributed by atoms with van der Waals surface area (Å²) in [4.78, 5) is 29.7. The van der Waals surface area contributed by atoms with E-state index < -0.39 is 11.8 Å². The average molecular weight is 512 g/mol. The Morgan fingerprint density at radius 2 is 1.81 bits per heavy atom. The third-order valence-electron chi connectivity index (χ3n) is 6.20. The van der Waals surface area contributed by atoms with Crippen LogP contribution >= 0.6 is 0 Å². The van der Waals surface area contributed by atoms with E-state index in [0.717, 1.165) is 5.56 Å². The molecule has 0 radical (unpaired) electrons. The van der Waals surface area contributed by atoms with Crippen LogP contribution in [0.5, 0.6) is 11.5 Å². The molecule has 1 heterocycles. The van der Waals surface area contributed by atoms with Gasteiger partial charge in [0.2, 0.25) is 5.91 Å². The van der Waals surface area contributed by atoms with Gasteiger partial charge in [-0.05, 0) is 61.7 Å². The number of urea groups is 1. The maximum atomic E-state index is 14.1. The Hall–Kier alpha value is -4.01. The number of nitrogens with one attached hydrogen (secondary N) is 1. The van der Waals surface area contributed by atoms with Crippen molar-refractivity contribution in [2.75, 3.05) is 32.6 Å². The summed E-state index contributed by atoms with van der Waals surface area (Å²) in [5, 5.41) is 2.59. The fourth-order valence-electron chi connectivity index (χ4n) is 3.83. The molecule has 198 valence electrons. The second kappa shape index (κ2) is 13.3. The molecule has 0 saturated carbocycles. The zero-order chi connectivity index (χ0) is 26.8. The minimum atomic E-state index is -0.541. The van der Waals surface area contributed by atoms with Gasteiger partial charge in [0.25, 0.3) is 0 Å². The van der Waals surface area contributed by atoms with Gasteiger partial charge in [-0.25, -0.2) is 9.18 Å². The first-order chi connectivity index (χ1) is 17.9. The zero-order valence-corrected chi connectivity index (χ0v) is 21.7. The van der Waals surface area contributed by atoms with E-state index >= 15 is 0 Å². The molecule has 0 fully saturated rings. The van der Waals surface area contributed by atoms with E-state index in [1.54, 1.807) is 49.6 Å². The van der Waals surface area contributed by atoms with Gasteiger partial charge in [0.05, 0.1) is 32.7 Å². The third kappa shape index (κ3) is 7.49. The first-order valence-electron chi connectivity index (χ1n) is 12.2. The summed E-state index contributed by atoms with van der Waals surface area (Å²) in [7, 11) is 3.15. The van der Waals surface area contributed by atoms with Crippen molar-refractivity contribution in [3.05, 3.63) is 78.0 Å². The summed E-state index contributed by atoms with van der Waals surface area (Å²) >= 11 is 0. The summed E-state index contributed by atoms with van der Waals surface area (Å²) in [6.07, 6.45) is 2.74. The van der Waals surface area contributed by atoms with Crippen LogP contribution in [0.2, 0.25) is 0 Å². The van der Waals surface area contributed by atoms with Crippen molar-refractivity contribution in [1.29, 1.82) is 0 Å². The molecule has 1 N–H and O–H groups in total. The van der Waals surface area contributed by atoms with E-state index in [-0.39, 0.29) is 30.7 Å². The highest BCUT2D eigenvalue weighted by atomic mass is 19.1. The second-order valence-corrected chi connectivity index (χ2v) is 8.63. The number of para-hydroxylation sites is 1. The Morgan fingerprint density at radius 3 is 2.46 bits per heavy atom. The summed E-state index contributed by atoms with van der Waals surface area (Å²) < 4.78 is 30.3. The number of methoxy groups -OCH3 is 2. The predicted octanol–water partition coefficient (Wildman–Crippen LogP) is 5.34. The van der Waals surface area contributed by atoms with Crippen LogP contribution in [0.15, 0.2) is 65.3 Å². The van der Waals surface area contributed by atoms with Crippen molar-refractivity contribution in [2.24, 2.45) is 0 Å². The standard InChI is InChI=1S/C28H34FN3O5/c1-5-20(2)32(28(34)30-24-11-7-6-10-23(24)29)19-27(33)31(18-22-9-8-16-37-22)15-14-21-12-13-25(35-3)26(17-21)36-4/h6-13,16-17,20H,5,14-15,18-19H2,1-4H3,(H,30,34). The number of carbonyl (C=O) groups is 2. The third-order valence-corrected chi connectivity index (χ3v) is 6.20. The molecule has 3 rings (SSSR count). The minimum absolute atomic E-state index is 0.0640. The number of ether oxygens (including phenoxy) is 2. The van der Waals surface area contributed by atoms with E-state index in [9.17, 15) is 14.0 Å². The Balaban J connectivity index is 1.76. The van der Waals surface area contributed by atoms with E-state index in [1.165, 1.54) is 17.0 Å². The molecule has 0 bridgehead atoms. The van der Waals surface area contributed by atoms with E-state index in [1.807, 2.05) is 32.0 Å². The molecule has 0 aliphatic rings. The molecule has 37 heavy (non-hydrogen) atoms. The number of hydrogen-bond donors (Lipinski definition) is 1. The van der Waals surface area contributed by atoms with Crippen molar-refractivity contribution in [3.63, 3.8) is 0 Å². The number of furan rings is 1. The molecule has 3 aromatic rings. The molecule has 0 saturated heterocycles. The number of hydrogen-bond acceptors (Lipinski definition) is 5. The SMILES string of the molecule is CCC(C)N(CC(=O)N(CCc1ccc(OC)c(OC)c1)Cc1ccco1)C(=O)Nc1ccccc1F. The fraction of sp³-hybridized carbons (Fsp3) is 0.357. The molecular weight excluding hydrogens is 477 g/mol. The summed E-state index contributed by atoms with van der Waals surface area (Å²) in [5.41, 5.74) is 1.03. The quantitative estimate of drug-likeness (QED) is 0.355. The van der Waals surface area contributed by atoms with Crippen LogP contribution in [-0.2, 0) is 17.8 Å². The van der Waals surface area contributed by atoms with Crippen LogP contribution in [0.25, 0.3) is 0 Å². The van der Waals surface area contributed by atoms with Crippen molar-refractivity contribution < 1.29 is 27.9 Å². The van der Waals surface area contributed by atoms with E-state index in [4.69, 9.17) is 13.9 Å². The highest BCUT2D eigenvalue weighted by Gasteiger charge is 2.26. The van der Waals surface area contributed by atoms with Crippen LogP contribution in [0.1, 0.15) is 31.6 Å². The molecule has 2 aromatic carbocycles. The second-order valence-electron chi connectivity index (χ2n) is 8.63. The Labute approximate surface area is 217 Å². The maximum Gasteiger partial charge on any atom is 0.322 e. The molecule has 0 aliphatic heterocycles. The molecule has 1 atom stereocenters. The van der Waals surface area contributed by atoms with Gasteiger partial charge in [0, 0.05) is 12.6 Å². The fourth-order valence-corrected chi connectivity index (χ4v) is 3.83. The Bertz CT molecular complexity index is 1170. The predicted molar refractivity (Wildman–Crippen MR) is 139 cm³/mol. The number of benzene rings is 2. The van der Waals surface area contributed by atoms with Gasteiger partial charge < -0.3 is 29.0 Å². The summed E-state index contributed by atoms with van der Waals surface area (Å²) in [5.74, 6) is 1.07. The van der Waals surface area contributed by atoms with Gasteiger partial charge in [-0.2, -0.15) is 0 Å². The smallest absolute Gasteiger partial charge is 0.322 e. The number of carbonyl (C=O) groups excluding carboxylic acids is 2. The van der Waals surface area contributed by atoms with Gasteiger partial charge >= 0.3 is 6.03 Å². The van der Waals surface area contributed by atoms with Gasteiger partial charge in [-0.3, -0.25) is 4.79 Å². The first kappa shape index (κ1) is 27.6. The van der Waals surface area contributed by atoms with Crippen LogP contribution < -0.4 is 14.8 Å². The molecular formula is C28H34FN3O5. The van der Waals surface area contributed by atoms with Crippen molar-refractivity contribution in [3.8, 4) is 11.5 Å². The molecule has 0 spiro atoms. The molecule has 9 heteroatoms. The maximum absolute atomic E-state index is 14.1. The lowest BCUT2D eigenvalue weighted by Gasteiger charge is -2.31. The van der Waals surface area contributed by atoms with Crippen LogP contribution in [0.4, 0.5) is 14.9 Å². The Kier molecular flexibility index (Phi) is 9.94. The lowest BCUT2D eigenvalue weighted by atomic mass is 10.1. The summed E-state index contributed by atoms with van der Waals surface area (Å²) in [6, 6.07) is 14.3. The number of amides is 3. The van der Waals surface area contributed by atoms with Crippen LogP contribution in [-0.4, -0.2) is 55.1 Å². The largest absolute Gasteiger partial charge is 0.493 e. The number of nitrogens with zero attached hydrogens (tertiary/aromatic N) is 2. The highest BCUT2D eigenvalue weighted by molar-refractivity contribution is 5.92. The topological polar surface area (TPSA) is 84.2 Å². The van der Waals surface area contributed by atoms with Gasteiger partial charge in [-0.15, -0.1) is 0 Å². The Morgan fingerprint density at radius 1 is 1.05 bits per heavy atom. The van der Waals surface area contributed by atoms with Gasteiger partial charge in [0.1, 0.15) is 18.1 Å². The lowest BCUT2D eigenvalue weighted by Crippen LogP contribution is -2.48. The van der Waals surface area contributed by atoms with Crippen molar-refractivity contribution in [2.45, 2.75) is 39.3 Å². The zero-order valence-electron chi connectivity index (χ0n) is 21.7. The highest BCUT2D eigenvalue weighted by Crippen LogP contribution is 2.28. The summed E-state index contributed by atoms with van der Waals surface area (Å²) in [6.45, 7) is 4.26. The van der Waals surface area contributed by atoms with Gasteiger partial charge in [-0.1, -0.05) is 25.1 Å². The molecule has 1 unspecified atom stereocenters. The van der Waals surface area contributed by atoms with Gasteiger partial charge in [0.15, 0.2) is 11.5 Å². The first-order valence-corrected chi connectivity index (χ1v) is 12.2. The monoisotopic (exact) mass is 511 g/mol. The number of rotatable bonds is 12. The van der Waals surface area contributed by atoms with Crippen molar-refractivity contribution in [1.82, 2.24) is 9.80 Å². The molecule has 3 amide bonds. The van der Waals surface area contributed by atoms with E-state index in [0.29, 0.717) is 36.6 Å². The molecule has 1 aromatic heterocycles. The molecule has 8 nitrogen and oxygen atoms in total.